The number of nitrogens with zero attached hydrogens (tertiary/aromatic N) is 1. The van der Waals surface area contributed by atoms with E-state index < -0.39 is 0 Å². The first kappa shape index (κ1) is 14.8. The Morgan fingerprint density at radius 3 is 2.75 bits per heavy atom. The molecule has 0 aliphatic carbocycles. The van der Waals surface area contributed by atoms with Crippen LogP contribution in [-0.2, 0) is 6.42 Å². The average Bonchev–Trinajstić information content (AvgIpc) is 2.48. The van der Waals surface area contributed by atoms with Crippen molar-refractivity contribution in [3.8, 4) is 5.75 Å². The van der Waals surface area contributed by atoms with Crippen molar-refractivity contribution in [2.24, 2.45) is 5.73 Å². The Balaban J connectivity index is 2.17. The molecule has 0 fully saturated rings. The first-order chi connectivity index (χ1) is 9.74. The molecular weight excluding hydrogens is 272 g/mol. The Kier molecular flexibility index (Phi) is 5.39. The maximum absolute atomic E-state index is 6.23. The lowest BCUT2D eigenvalue weighted by molar-refractivity contribution is 0.340. The van der Waals surface area contributed by atoms with Gasteiger partial charge in [0.15, 0.2) is 0 Å². The van der Waals surface area contributed by atoms with Crippen LogP contribution >= 0.6 is 11.6 Å². The number of aromatic nitrogens is 1. The molecule has 4 heteroatoms. The normalized spacial score (nSPS) is 12.2. The van der Waals surface area contributed by atoms with E-state index in [0.717, 1.165) is 17.7 Å². The van der Waals surface area contributed by atoms with Crippen molar-refractivity contribution in [1.82, 2.24) is 4.98 Å². The van der Waals surface area contributed by atoms with E-state index in [1.807, 2.05) is 43.3 Å². The predicted molar refractivity (Wildman–Crippen MR) is 82.4 cm³/mol. The van der Waals surface area contributed by atoms with Gasteiger partial charge in [0.05, 0.1) is 11.6 Å². The van der Waals surface area contributed by atoms with E-state index in [-0.39, 0.29) is 5.92 Å². The summed E-state index contributed by atoms with van der Waals surface area (Å²) in [6.07, 6.45) is 2.61. The largest absolute Gasteiger partial charge is 0.492 e. The highest BCUT2D eigenvalue weighted by Gasteiger charge is 2.13. The second-order valence-corrected chi connectivity index (χ2v) is 4.99. The number of benzene rings is 1. The molecule has 0 saturated carbocycles. The average molecular weight is 291 g/mol. The first-order valence-corrected chi connectivity index (χ1v) is 7.14. The van der Waals surface area contributed by atoms with Crippen LogP contribution < -0.4 is 10.5 Å². The van der Waals surface area contributed by atoms with Crippen LogP contribution in [0.15, 0.2) is 42.6 Å². The number of nitrogens with two attached hydrogens (primary N) is 1. The van der Waals surface area contributed by atoms with Gasteiger partial charge in [0.25, 0.3) is 0 Å². The summed E-state index contributed by atoms with van der Waals surface area (Å²) in [4.78, 5) is 4.35. The van der Waals surface area contributed by atoms with Crippen LogP contribution in [0.25, 0.3) is 0 Å². The Bertz CT molecular complexity index is 545. The Morgan fingerprint density at radius 1 is 1.30 bits per heavy atom. The van der Waals surface area contributed by atoms with Gasteiger partial charge in [0.1, 0.15) is 5.75 Å². The Labute approximate surface area is 124 Å². The van der Waals surface area contributed by atoms with Gasteiger partial charge in [-0.3, -0.25) is 4.98 Å². The van der Waals surface area contributed by atoms with E-state index in [9.17, 15) is 0 Å². The maximum atomic E-state index is 6.23. The van der Waals surface area contributed by atoms with Gasteiger partial charge in [-0.1, -0.05) is 23.7 Å². The summed E-state index contributed by atoms with van der Waals surface area (Å²) >= 11 is 6.23. The quantitative estimate of drug-likeness (QED) is 0.887. The van der Waals surface area contributed by atoms with Crippen LogP contribution in [0.2, 0.25) is 5.02 Å². The molecule has 3 nitrogen and oxygen atoms in total. The molecule has 0 aliphatic rings. The summed E-state index contributed by atoms with van der Waals surface area (Å²) in [5.41, 5.74) is 8.05. The van der Waals surface area contributed by atoms with Gasteiger partial charge < -0.3 is 10.5 Å². The van der Waals surface area contributed by atoms with Gasteiger partial charge in [0, 0.05) is 17.8 Å². The molecule has 0 spiro atoms. The Hall–Kier alpha value is -1.58. The molecule has 1 aromatic heterocycles. The lowest BCUT2D eigenvalue weighted by Crippen LogP contribution is -2.15. The first-order valence-electron chi connectivity index (χ1n) is 6.76. The minimum absolute atomic E-state index is 0.207. The maximum Gasteiger partial charge on any atom is 0.137 e. The van der Waals surface area contributed by atoms with Crippen molar-refractivity contribution in [2.45, 2.75) is 19.3 Å². The molecule has 1 aromatic carbocycles. The minimum atomic E-state index is 0.207. The molecule has 2 rings (SSSR count). The van der Waals surface area contributed by atoms with Crippen LogP contribution in [0.4, 0.5) is 0 Å². The number of pyridine rings is 1. The zero-order valence-electron chi connectivity index (χ0n) is 11.6. The fourth-order valence-electron chi connectivity index (χ4n) is 2.15. The molecule has 0 bridgehead atoms. The van der Waals surface area contributed by atoms with E-state index in [1.165, 1.54) is 0 Å². The molecule has 2 N–H and O–H groups in total. The van der Waals surface area contributed by atoms with Crippen LogP contribution in [0, 0.1) is 0 Å². The number of halogens is 1. The van der Waals surface area contributed by atoms with Crippen molar-refractivity contribution in [2.75, 3.05) is 13.2 Å². The second kappa shape index (κ2) is 7.27. The summed E-state index contributed by atoms with van der Waals surface area (Å²) in [6.45, 7) is 3.10. The monoisotopic (exact) mass is 290 g/mol. The second-order valence-electron chi connectivity index (χ2n) is 4.58. The molecule has 0 saturated heterocycles. The number of hydrogen-bond donors (Lipinski definition) is 1. The third kappa shape index (κ3) is 3.71. The topological polar surface area (TPSA) is 48.1 Å². The third-order valence-electron chi connectivity index (χ3n) is 3.19. The smallest absolute Gasteiger partial charge is 0.137 e. The highest BCUT2D eigenvalue weighted by molar-refractivity contribution is 6.32. The van der Waals surface area contributed by atoms with Gasteiger partial charge in [-0.15, -0.1) is 0 Å². The fraction of sp³-hybridized carbons (Fsp3) is 0.312. The van der Waals surface area contributed by atoms with Gasteiger partial charge in [-0.25, -0.2) is 0 Å². The Morgan fingerprint density at radius 2 is 2.15 bits per heavy atom. The molecule has 0 amide bonds. The number of ether oxygens (including phenoxy) is 1. The van der Waals surface area contributed by atoms with Gasteiger partial charge in [0.2, 0.25) is 0 Å². The summed E-state index contributed by atoms with van der Waals surface area (Å²) in [5, 5.41) is 0.629. The molecule has 0 aliphatic heterocycles. The molecule has 1 atom stereocenters. The summed E-state index contributed by atoms with van der Waals surface area (Å²) in [6, 6.07) is 11.8. The SMILES string of the molecule is CCOc1ccc(C(CN)Cc2ccccn2)cc1Cl. The van der Waals surface area contributed by atoms with E-state index in [2.05, 4.69) is 4.98 Å². The van der Waals surface area contributed by atoms with E-state index in [4.69, 9.17) is 22.1 Å². The molecule has 0 radical (unpaired) electrons. The third-order valence-corrected chi connectivity index (χ3v) is 3.49. The van der Waals surface area contributed by atoms with Crippen molar-refractivity contribution in [3.63, 3.8) is 0 Å². The van der Waals surface area contributed by atoms with Gasteiger partial charge >= 0.3 is 0 Å². The predicted octanol–water partition coefficient (Wildman–Crippen LogP) is 3.42. The van der Waals surface area contributed by atoms with Gasteiger partial charge in [-0.2, -0.15) is 0 Å². The number of hydrogen-bond acceptors (Lipinski definition) is 3. The highest BCUT2D eigenvalue weighted by Crippen LogP contribution is 2.29. The fourth-order valence-corrected chi connectivity index (χ4v) is 2.40. The van der Waals surface area contributed by atoms with Crippen LogP contribution in [-0.4, -0.2) is 18.1 Å². The van der Waals surface area contributed by atoms with Crippen molar-refractivity contribution in [1.29, 1.82) is 0 Å². The summed E-state index contributed by atoms with van der Waals surface area (Å²) < 4.78 is 5.45. The lowest BCUT2D eigenvalue weighted by atomic mass is 9.94. The molecule has 2 aromatic rings. The van der Waals surface area contributed by atoms with Crippen LogP contribution in [0.5, 0.6) is 5.75 Å². The summed E-state index contributed by atoms with van der Waals surface area (Å²) in [5.74, 6) is 0.921. The lowest BCUT2D eigenvalue weighted by Gasteiger charge is -2.16. The highest BCUT2D eigenvalue weighted by atomic mass is 35.5. The van der Waals surface area contributed by atoms with Crippen LogP contribution in [0.3, 0.4) is 0 Å². The standard InChI is InChI=1S/C16H19ClN2O/c1-2-20-16-7-6-12(10-15(16)17)13(11-18)9-14-5-3-4-8-19-14/h3-8,10,13H,2,9,11,18H2,1H3. The van der Waals surface area contributed by atoms with E-state index in [1.54, 1.807) is 6.20 Å². The molecular formula is C16H19ClN2O. The number of rotatable bonds is 6. The van der Waals surface area contributed by atoms with Gasteiger partial charge in [-0.05, 0) is 49.7 Å². The molecule has 1 heterocycles. The molecule has 20 heavy (non-hydrogen) atoms. The van der Waals surface area contributed by atoms with Crippen molar-refractivity contribution in [3.05, 3.63) is 58.9 Å². The van der Waals surface area contributed by atoms with Crippen molar-refractivity contribution >= 4 is 11.6 Å². The minimum Gasteiger partial charge on any atom is -0.492 e. The zero-order valence-corrected chi connectivity index (χ0v) is 12.3. The molecule has 106 valence electrons. The van der Waals surface area contributed by atoms with E-state index >= 15 is 0 Å². The van der Waals surface area contributed by atoms with Crippen molar-refractivity contribution < 1.29 is 4.74 Å². The summed E-state index contributed by atoms with van der Waals surface area (Å²) in [7, 11) is 0. The van der Waals surface area contributed by atoms with E-state index in [0.29, 0.717) is 23.9 Å². The molecule has 1 unspecified atom stereocenters. The zero-order chi connectivity index (χ0) is 14.4. The van der Waals surface area contributed by atoms with Crippen LogP contribution in [0.1, 0.15) is 24.1 Å².